The van der Waals surface area contributed by atoms with Crippen LogP contribution in [0.3, 0.4) is 0 Å². The summed E-state index contributed by atoms with van der Waals surface area (Å²) in [5, 5.41) is 11.5. The number of carboxylic acids is 1. The number of anilines is 1. The van der Waals surface area contributed by atoms with Crippen LogP contribution in [0, 0.1) is 0 Å². The van der Waals surface area contributed by atoms with E-state index in [-0.39, 0.29) is 36.8 Å². The van der Waals surface area contributed by atoms with Crippen LogP contribution in [-0.4, -0.2) is 62.6 Å². The Labute approximate surface area is 145 Å². The molecular weight excluding hydrogens is 360 g/mol. The SMILES string of the molecule is CN(CCC(=O)O)C(=O)Nc1cc(Cl)ccc1OCCS(C)(=O)=O. The average molecular weight is 379 g/mol. The minimum absolute atomic E-state index is 0.0337. The highest BCUT2D eigenvalue weighted by molar-refractivity contribution is 7.90. The van der Waals surface area contributed by atoms with E-state index >= 15 is 0 Å². The predicted molar refractivity (Wildman–Crippen MR) is 90.6 cm³/mol. The molecule has 0 saturated heterocycles. The van der Waals surface area contributed by atoms with Gasteiger partial charge in [0.2, 0.25) is 0 Å². The standard InChI is InChI=1S/C14H19ClN2O6S/c1-17(6-5-13(18)19)14(20)16-11-9-10(15)3-4-12(11)23-7-8-24(2,21)22/h3-4,9H,5-8H2,1-2H3,(H,16,20)(H,18,19). The number of urea groups is 1. The summed E-state index contributed by atoms with van der Waals surface area (Å²) in [6.45, 7) is -0.0375. The lowest BCUT2D eigenvalue weighted by molar-refractivity contribution is -0.137. The second-order valence-corrected chi connectivity index (χ2v) is 7.81. The average Bonchev–Trinajstić information content (AvgIpc) is 2.45. The molecule has 2 amide bonds. The molecule has 24 heavy (non-hydrogen) atoms. The lowest BCUT2D eigenvalue weighted by Crippen LogP contribution is -2.33. The summed E-state index contributed by atoms with van der Waals surface area (Å²) in [7, 11) is -1.72. The maximum atomic E-state index is 12.0. The van der Waals surface area contributed by atoms with Crippen LogP contribution in [0.5, 0.6) is 5.75 Å². The number of carboxylic acid groups (broad SMARTS) is 1. The van der Waals surface area contributed by atoms with Gasteiger partial charge in [-0.3, -0.25) is 4.79 Å². The number of benzene rings is 1. The summed E-state index contributed by atoms with van der Waals surface area (Å²) in [5.41, 5.74) is 0.267. The zero-order valence-electron chi connectivity index (χ0n) is 13.3. The first-order chi connectivity index (χ1) is 11.1. The van der Waals surface area contributed by atoms with Gasteiger partial charge in [0.15, 0.2) is 9.84 Å². The second kappa shape index (κ2) is 8.74. The quantitative estimate of drug-likeness (QED) is 0.711. The molecule has 0 unspecified atom stereocenters. The number of hydrogen-bond acceptors (Lipinski definition) is 5. The number of amides is 2. The first kappa shape index (κ1) is 20.0. The Morgan fingerprint density at radius 2 is 2.04 bits per heavy atom. The van der Waals surface area contributed by atoms with Crippen LogP contribution < -0.4 is 10.1 Å². The largest absolute Gasteiger partial charge is 0.490 e. The third-order valence-corrected chi connectivity index (χ3v) is 4.05. The van der Waals surface area contributed by atoms with Crippen LogP contribution in [0.2, 0.25) is 5.02 Å². The van der Waals surface area contributed by atoms with E-state index in [2.05, 4.69) is 5.32 Å². The monoisotopic (exact) mass is 378 g/mol. The number of nitrogens with one attached hydrogen (secondary N) is 1. The van der Waals surface area contributed by atoms with Gasteiger partial charge in [-0.1, -0.05) is 11.6 Å². The number of hydrogen-bond donors (Lipinski definition) is 2. The number of carbonyl (C=O) groups is 2. The zero-order chi connectivity index (χ0) is 18.3. The number of carbonyl (C=O) groups excluding carboxylic acids is 1. The molecule has 0 saturated carbocycles. The molecule has 0 spiro atoms. The van der Waals surface area contributed by atoms with Gasteiger partial charge in [-0.05, 0) is 18.2 Å². The van der Waals surface area contributed by atoms with Crippen molar-refractivity contribution in [2.75, 3.05) is 37.5 Å². The van der Waals surface area contributed by atoms with Gasteiger partial charge in [0.1, 0.15) is 12.4 Å². The lowest BCUT2D eigenvalue weighted by Gasteiger charge is -2.19. The summed E-state index contributed by atoms with van der Waals surface area (Å²) in [6.07, 6.45) is 0.912. The molecule has 0 bridgehead atoms. The summed E-state index contributed by atoms with van der Waals surface area (Å²) in [4.78, 5) is 23.8. The van der Waals surface area contributed by atoms with Gasteiger partial charge in [-0.25, -0.2) is 13.2 Å². The van der Waals surface area contributed by atoms with Gasteiger partial charge >= 0.3 is 12.0 Å². The first-order valence-corrected chi connectivity index (χ1v) is 9.36. The van der Waals surface area contributed by atoms with Gasteiger partial charge < -0.3 is 20.1 Å². The van der Waals surface area contributed by atoms with E-state index < -0.39 is 21.8 Å². The topological polar surface area (TPSA) is 113 Å². The molecule has 1 aromatic carbocycles. The lowest BCUT2D eigenvalue weighted by atomic mass is 10.3. The van der Waals surface area contributed by atoms with Gasteiger partial charge in [0.05, 0.1) is 17.9 Å². The van der Waals surface area contributed by atoms with Crippen molar-refractivity contribution in [1.29, 1.82) is 0 Å². The maximum Gasteiger partial charge on any atom is 0.321 e. The molecule has 1 aromatic rings. The van der Waals surface area contributed by atoms with E-state index in [1.54, 1.807) is 6.07 Å². The Morgan fingerprint density at radius 3 is 2.62 bits per heavy atom. The molecule has 1 rings (SSSR count). The summed E-state index contributed by atoms with van der Waals surface area (Å²) < 4.78 is 27.6. The number of sulfone groups is 1. The summed E-state index contributed by atoms with van der Waals surface area (Å²) in [6, 6.07) is 3.98. The van der Waals surface area contributed by atoms with E-state index in [1.807, 2.05) is 0 Å². The van der Waals surface area contributed by atoms with Crippen LogP contribution in [0.25, 0.3) is 0 Å². The molecule has 0 aliphatic carbocycles. The minimum atomic E-state index is -3.17. The van der Waals surface area contributed by atoms with E-state index in [4.69, 9.17) is 21.4 Å². The van der Waals surface area contributed by atoms with Crippen molar-refractivity contribution in [2.24, 2.45) is 0 Å². The van der Waals surface area contributed by atoms with Crippen molar-refractivity contribution < 1.29 is 27.9 Å². The number of nitrogens with zero attached hydrogens (tertiary/aromatic N) is 1. The van der Waals surface area contributed by atoms with Crippen LogP contribution in [-0.2, 0) is 14.6 Å². The molecule has 10 heteroatoms. The van der Waals surface area contributed by atoms with Gasteiger partial charge in [0, 0.05) is 24.9 Å². The number of rotatable bonds is 8. The number of ether oxygens (including phenoxy) is 1. The molecular formula is C14H19ClN2O6S. The smallest absolute Gasteiger partial charge is 0.321 e. The fraction of sp³-hybridized carbons (Fsp3) is 0.429. The molecule has 8 nitrogen and oxygen atoms in total. The fourth-order valence-corrected chi connectivity index (χ4v) is 2.16. The zero-order valence-corrected chi connectivity index (χ0v) is 14.9. The van der Waals surface area contributed by atoms with Crippen LogP contribution in [0.1, 0.15) is 6.42 Å². The van der Waals surface area contributed by atoms with Crippen molar-refractivity contribution in [3.63, 3.8) is 0 Å². The van der Waals surface area contributed by atoms with E-state index in [1.165, 1.54) is 24.1 Å². The van der Waals surface area contributed by atoms with Crippen molar-refractivity contribution in [3.8, 4) is 5.75 Å². The Morgan fingerprint density at radius 1 is 1.38 bits per heavy atom. The van der Waals surface area contributed by atoms with Crippen molar-refractivity contribution in [3.05, 3.63) is 23.2 Å². The van der Waals surface area contributed by atoms with Crippen molar-refractivity contribution >= 4 is 39.1 Å². The predicted octanol–water partition coefficient (Wildman–Crippen LogP) is 1.70. The minimum Gasteiger partial charge on any atom is -0.490 e. The van der Waals surface area contributed by atoms with Crippen LogP contribution in [0.4, 0.5) is 10.5 Å². The molecule has 0 atom stereocenters. The molecule has 0 aromatic heterocycles. The number of aliphatic carboxylic acids is 1. The normalized spacial score (nSPS) is 11.0. The first-order valence-electron chi connectivity index (χ1n) is 6.92. The highest BCUT2D eigenvalue weighted by atomic mass is 35.5. The van der Waals surface area contributed by atoms with E-state index in [0.29, 0.717) is 5.02 Å². The Kier molecular flexibility index (Phi) is 7.30. The molecule has 0 aliphatic rings. The Bertz CT molecular complexity index is 707. The summed E-state index contributed by atoms with van der Waals surface area (Å²) in [5.74, 6) is -0.910. The van der Waals surface area contributed by atoms with Crippen molar-refractivity contribution in [2.45, 2.75) is 6.42 Å². The molecule has 0 radical (unpaired) electrons. The number of halogens is 1. The van der Waals surface area contributed by atoms with E-state index in [9.17, 15) is 18.0 Å². The van der Waals surface area contributed by atoms with Gasteiger partial charge in [0.25, 0.3) is 0 Å². The molecule has 134 valence electrons. The maximum absolute atomic E-state index is 12.0. The Hall–Kier alpha value is -2.00. The summed E-state index contributed by atoms with van der Waals surface area (Å²) >= 11 is 5.90. The van der Waals surface area contributed by atoms with Gasteiger partial charge in [-0.2, -0.15) is 0 Å². The van der Waals surface area contributed by atoms with Crippen molar-refractivity contribution in [1.82, 2.24) is 4.90 Å². The van der Waals surface area contributed by atoms with Crippen LogP contribution >= 0.6 is 11.6 Å². The Balaban J connectivity index is 2.76. The molecule has 0 fully saturated rings. The highest BCUT2D eigenvalue weighted by Gasteiger charge is 2.14. The molecule has 0 aliphatic heterocycles. The van der Waals surface area contributed by atoms with Gasteiger partial charge in [-0.15, -0.1) is 0 Å². The van der Waals surface area contributed by atoms with E-state index in [0.717, 1.165) is 6.26 Å². The molecule has 2 N–H and O–H groups in total. The fourth-order valence-electron chi connectivity index (χ4n) is 1.60. The highest BCUT2D eigenvalue weighted by Crippen LogP contribution is 2.28. The third-order valence-electron chi connectivity index (χ3n) is 2.90. The second-order valence-electron chi connectivity index (χ2n) is 5.11. The molecule has 0 heterocycles. The third kappa shape index (κ3) is 7.51. The van der Waals surface area contributed by atoms with Crippen LogP contribution in [0.15, 0.2) is 18.2 Å².